The number of carbonyl (C=O) groups is 2. The largest absolute Gasteiger partial charge is 0.507 e. The molecule has 1 aliphatic rings. The number of benzene rings is 1. The smallest absolute Gasteiger partial charge is 0.213 e. The van der Waals surface area contributed by atoms with Crippen molar-refractivity contribution in [3.63, 3.8) is 0 Å². The molecule has 0 bridgehead atoms. The first kappa shape index (κ1) is 14.6. The van der Waals surface area contributed by atoms with Gasteiger partial charge in [-0.25, -0.2) is 0 Å². The van der Waals surface area contributed by atoms with Gasteiger partial charge < -0.3 is 16.2 Å². The van der Waals surface area contributed by atoms with E-state index in [1.54, 1.807) is 6.07 Å². The van der Waals surface area contributed by atoms with Crippen molar-refractivity contribution in [3.8, 4) is 11.8 Å². The van der Waals surface area contributed by atoms with Crippen molar-refractivity contribution in [2.45, 2.75) is 19.8 Å². The number of carbonyl (C=O) groups excluding carboxylic acids is 2. The highest BCUT2D eigenvalue weighted by atomic mass is 16.3. The highest BCUT2D eigenvalue weighted by Gasteiger charge is 2.36. The number of unbranched alkanes of at least 4 members (excludes halogenated alkanes) is 1. The minimum absolute atomic E-state index is 0.0410. The van der Waals surface area contributed by atoms with Crippen LogP contribution in [0, 0.1) is 11.3 Å². The fourth-order valence-electron chi connectivity index (χ4n) is 2.22. The highest BCUT2D eigenvalue weighted by molar-refractivity contribution is 6.30. The molecule has 0 unspecified atom stereocenters. The van der Waals surface area contributed by atoms with Gasteiger partial charge in [0.15, 0.2) is 0 Å². The third-order valence-corrected chi connectivity index (χ3v) is 3.32. The van der Waals surface area contributed by atoms with Crippen LogP contribution in [0.5, 0.6) is 5.75 Å². The lowest BCUT2D eigenvalue weighted by atomic mass is 9.86. The van der Waals surface area contributed by atoms with Crippen LogP contribution in [0.25, 0.3) is 0 Å². The minimum Gasteiger partial charge on any atom is -0.507 e. The molecule has 108 valence electrons. The van der Waals surface area contributed by atoms with Gasteiger partial charge in [-0.05, 0) is 18.6 Å². The maximum atomic E-state index is 12.5. The second kappa shape index (κ2) is 5.67. The zero-order chi connectivity index (χ0) is 15.6. The summed E-state index contributed by atoms with van der Waals surface area (Å²) in [5.41, 5.74) is 5.29. The molecule has 0 atom stereocenters. The van der Waals surface area contributed by atoms with Crippen molar-refractivity contribution < 1.29 is 14.7 Å². The lowest BCUT2D eigenvalue weighted by Gasteiger charge is -2.20. The van der Waals surface area contributed by atoms with Gasteiger partial charge in [0.05, 0.1) is 11.1 Å². The Balaban J connectivity index is 2.57. The summed E-state index contributed by atoms with van der Waals surface area (Å²) in [4.78, 5) is 24.8. The standard InChI is InChI=1S/C15H15N3O3/c1-2-3-6-18-13-8(7-16)14(20)12-10(19)5-4-9(17)11(12)15(13)21/h4-5,18-19H,2-3,6,17H2,1H3. The Morgan fingerprint density at radius 3 is 2.62 bits per heavy atom. The number of nitrogen functional groups attached to an aromatic ring is 1. The van der Waals surface area contributed by atoms with E-state index in [9.17, 15) is 14.7 Å². The number of fused-ring (bicyclic) bond motifs is 1. The fourth-order valence-corrected chi connectivity index (χ4v) is 2.22. The van der Waals surface area contributed by atoms with E-state index >= 15 is 0 Å². The molecule has 0 fully saturated rings. The minimum atomic E-state index is -0.684. The van der Waals surface area contributed by atoms with Crippen LogP contribution in [-0.4, -0.2) is 23.2 Å². The highest BCUT2D eigenvalue weighted by Crippen LogP contribution is 2.34. The number of anilines is 1. The van der Waals surface area contributed by atoms with Crippen molar-refractivity contribution in [3.05, 3.63) is 34.5 Å². The van der Waals surface area contributed by atoms with E-state index < -0.39 is 11.6 Å². The van der Waals surface area contributed by atoms with E-state index in [1.165, 1.54) is 12.1 Å². The molecule has 6 nitrogen and oxygen atoms in total. The molecule has 1 aromatic rings. The number of nitrogens with one attached hydrogen (secondary N) is 1. The molecule has 0 aromatic heterocycles. The van der Waals surface area contributed by atoms with Gasteiger partial charge in [0.25, 0.3) is 0 Å². The Bertz CT molecular complexity index is 699. The second-order valence-corrected chi connectivity index (χ2v) is 4.72. The summed E-state index contributed by atoms with van der Waals surface area (Å²) >= 11 is 0. The summed E-state index contributed by atoms with van der Waals surface area (Å²) in [6, 6.07) is 4.34. The molecule has 1 aliphatic carbocycles. The number of aromatic hydroxyl groups is 1. The Kier molecular flexibility index (Phi) is 3.94. The molecule has 0 aliphatic heterocycles. The number of ketones is 2. The van der Waals surface area contributed by atoms with E-state index in [0.29, 0.717) is 6.54 Å². The SMILES string of the molecule is CCCCNC1=C(C#N)C(=O)c2c(O)ccc(N)c2C1=O. The van der Waals surface area contributed by atoms with E-state index in [4.69, 9.17) is 11.0 Å². The predicted molar refractivity (Wildman–Crippen MR) is 76.7 cm³/mol. The van der Waals surface area contributed by atoms with Gasteiger partial charge in [-0.3, -0.25) is 9.59 Å². The van der Waals surface area contributed by atoms with E-state index in [0.717, 1.165) is 12.8 Å². The molecule has 0 saturated heterocycles. The maximum Gasteiger partial charge on any atom is 0.213 e. The third-order valence-electron chi connectivity index (χ3n) is 3.32. The van der Waals surface area contributed by atoms with Crippen LogP contribution in [0.3, 0.4) is 0 Å². The van der Waals surface area contributed by atoms with Gasteiger partial charge in [-0.1, -0.05) is 13.3 Å². The molecule has 6 heteroatoms. The zero-order valence-corrected chi connectivity index (χ0v) is 11.6. The fraction of sp³-hybridized carbons (Fsp3) is 0.267. The summed E-state index contributed by atoms with van der Waals surface area (Å²) < 4.78 is 0. The molecular weight excluding hydrogens is 270 g/mol. The summed E-state index contributed by atoms with van der Waals surface area (Å²) in [6.07, 6.45) is 1.70. The number of rotatable bonds is 4. The van der Waals surface area contributed by atoms with Crippen LogP contribution in [0.2, 0.25) is 0 Å². The number of nitrogens with two attached hydrogens (primary N) is 1. The molecule has 0 heterocycles. The Hall–Kier alpha value is -2.81. The van der Waals surface area contributed by atoms with E-state index in [1.807, 2.05) is 6.92 Å². The van der Waals surface area contributed by atoms with E-state index in [2.05, 4.69) is 5.32 Å². The van der Waals surface area contributed by atoms with Crippen LogP contribution in [-0.2, 0) is 0 Å². The molecule has 0 saturated carbocycles. The number of phenols is 1. The monoisotopic (exact) mass is 285 g/mol. The first-order chi connectivity index (χ1) is 10.0. The quantitative estimate of drug-likeness (QED) is 0.439. The van der Waals surface area contributed by atoms with Crippen LogP contribution in [0.4, 0.5) is 5.69 Å². The molecular formula is C15H15N3O3. The lowest BCUT2D eigenvalue weighted by molar-refractivity contribution is 0.0970. The zero-order valence-electron chi connectivity index (χ0n) is 11.6. The maximum absolute atomic E-state index is 12.5. The van der Waals surface area contributed by atoms with Crippen LogP contribution in [0.1, 0.15) is 40.5 Å². The van der Waals surface area contributed by atoms with Gasteiger partial charge in [0, 0.05) is 12.2 Å². The lowest BCUT2D eigenvalue weighted by Crippen LogP contribution is -2.31. The summed E-state index contributed by atoms with van der Waals surface area (Å²) in [6.45, 7) is 2.46. The summed E-state index contributed by atoms with van der Waals surface area (Å²) in [7, 11) is 0. The van der Waals surface area contributed by atoms with Crippen LogP contribution >= 0.6 is 0 Å². The van der Waals surface area contributed by atoms with Gasteiger partial charge in [0.1, 0.15) is 23.1 Å². The number of hydrogen-bond donors (Lipinski definition) is 3. The predicted octanol–water partition coefficient (Wildman–Crippen LogP) is 1.52. The molecule has 2 rings (SSSR count). The molecule has 21 heavy (non-hydrogen) atoms. The summed E-state index contributed by atoms with van der Waals surface area (Å²) in [5.74, 6) is -1.57. The number of nitriles is 1. The first-order valence-electron chi connectivity index (χ1n) is 6.62. The number of hydrogen-bond acceptors (Lipinski definition) is 6. The first-order valence-corrected chi connectivity index (χ1v) is 6.62. The molecule has 0 spiro atoms. The third kappa shape index (κ3) is 2.34. The number of nitrogens with zero attached hydrogens (tertiary/aromatic N) is 1. The average molecular weight is 285 g/mol. The van der Waals surface area contributed by atoms with Crippen molar-refractivity contribution >= 4 is 17.3 Å². The van der Waals surface area contributed by atoms with Gasteiger partial charge in [-0.15, -0.1) is 0 Å². The van der Waals surface area contributed by atoms with Crippen molar-refractivity contribution in [2.24, 2.45) is 0 Å². The van der Waals surface area contributed by atoms with Crippen molar-refractivity contribution in [1.82, 2.24) is 5.32 Å². The van der Waals surface area contributed by atoms with Crippen molar-refractivity contribution in [2.75, 3.05) is 12.3 Å². The summed E-state index contributed by atoms with van der Waals surface area (Å²) in [5, 5.41) is 21.8. The van der Waals surface area contributed by atoms with Gasteiger partial charge >= 0.3 is 0 Å². The van der Waals surface area contributed by atoms with Gasteiger partial charge in [-0.2, -0.15) is 5.26 Å². The normalized spacial score (nSPS) is 13.9. The van der Waals surface area contributed by atoms with Crippen molar-refractivity contribution in [1.29, 1.82) is 5.26 Å². The van der Waals surface area contributed by atoms with Gasteiger partial charge in [0.2, 0.25) is 11.6 Å². The second-order valence-electron chi connectivity index (χ2n) is 4.72. The Morgan fingerprint density at radius 1 is 1.29 bits per heavy atom. The molecule has 1 aromatic carbocycles. The van der Waals surface area contributed by atoms with Crippen LogP contribution < -0.4 is 11.1 Å². The topological polar surface area (TPSA) is 116 Å². The number of phenolic OH excluding ortho intramolecular Hbond substituents is 1. The molecule has 0 radical (unpaired) electrons. The number of Topliss-reactive ketones (excluding diaryl/α,β-unsaturated/α-hetero) is 2. The Labute approximate surface area is 121 Å². The Morgan fingerprint density at radius 2 is 2.00 bits per heavy atom. The molecule has 0 amide bonds. The number of allylic oxidation sites excluding steroid dienone is 2. The molecule has 4 N–H and O–H groups in total. The van der Waals surface area contributed by atoms with Crippen LogP contribution in [0.15, 0.2) is 23.4 Å². The average Bonchev–Trinajstić information content (AvgIpc) is 2.46. The van der Waals surface area contributed by atoms with E-state index in [-0.39, 0.29) is 33.8 Å².